The third-order valence-electron chi connectivity index (χ3n) is 4.53. The Hall–Kier alpha value is -1.14. The third kappa shape index (κ3) is 2.67. The largest absolute Gasteiger partial charge is 0.381 e. The number of ether oxygens (including phenoxy) is 2. The highest BCUT2D eigenvalue weighted by Gasteiger charge is 2.26. The van der Waals surface area contributed by atoms with E-state index in [0.717, 1.165) is 63.8 Å². The molecule has 0 atom stereocenters. The zero-order chi connectivity index (χ0) is 13.9. The molecule has 6 heteroatoms. The second-order valence-corrected chi connectivity index (χ2v) is 5.73. The van der Waals surface area contributed by atoms with Gasteiger partial charge in [-0.15, -0.1) is 10.2 Å². The maximum atomic E-state index is 5.43. The summed E-state index contributed by atoms with van der Waals surface area (Å²) in [4.78, 5) is 2.32. The van der Waals surface area contributed by atoms with Crippen molar-refractivity contribution >= 4 is 5.95 Å². The molecule has 0 radical (unpaired) electrons. The maximum absolute atomic E-state index is 5.43. The van der Waals surface area contributed by atoms with Gasteiger partial charge in [0.05, 0.1) is 6.10 Å². The van der Waals surface area contributed by atoms with Crippen molar-refractivity contribution in [3.8, 4) is 0 Å². The highest BCUT2D eigenvalue weighted by Crippen LogP contribution is 2.28. The molecule has 0 aromatic carbocycles. The quantitative estimate of drug-likeness (QED) is 0.836. The van der Waals surface area contributed by atoms with Gasteiger partial charge in [-0.1, -0.05) is 0 Å². The van der Waals surface area contributed by atoms with Gasteiger partial charge in [-0.2, -0.15) is 0 Å². The van der Waals surface area contributed by atoms with Gasteiger partial charge in [0.15, 0.2) is 0 Å². The van der Waals surface area contributed by atoms with Crippen molar-refractivity contribution in [1.29, 1.82) is 0 Å². The summed E-state index contributed by atoms with van der Waals surface area (Å²) in [5.41, 5.74) is 0. The maximum Gasteiger partial charge on any atom is 0.226 e. The number of hydrogen-bond donors (Lipinski definition) is 0. The van der Waals surface area contributed by atoms with Crippen molar-refractivity contribution in [2.24, 2.45) is 7.05 Å². The molecule has 0 unspecified atom stereocenters. The van der Waals surface area contributed by atoms with Gasteiger partial charge < -0.3 is 18.9 Å². The molecule has 2 aliphatic heterocycles. The van der Waals surface area contributed by atoms with Crippen LogP contribution in [-0.2, 0) is 16.5 Å². The fourth-order valence-electron chi connectivity index (χ4n) is 3.21. The Morgan fingerprint density at radius 3 is 2.45 bits per heavy atom. The van der Waals surface area contributed by atoms with E-state index in [0.29, 0.717) is 12.0 Å². The van der Waals surface area contributed by atoms with Crippen LogP contribution in [0.1, 0.15) is 37.4 Å². The van der Waals surface area contributed by atoms with Crippen LogP contribution in [0.15, 0.2) is 0 Å². The van der Waals surface area contributed by atoms with Crippen molar-refractivity contribution in [3.63, 3.8) is 0 Å². The van der Waals surface area contributed by atoms with Gasteiger partial charge in [0.1, 0.15) is 5.82 Å². The van der Waals surface area contributed by atoms with Crippen molar-refractivity contribution in [2.45, 2.75) is 37.7 Å². The molecule has 0 saturated carbocycles. The minimum atomic E-state index is 0.398. The van der Waals surface area contributed by atoms with Crippen molar-refractivity contribution < 1.29 is 9.47 Å². The van der Waals surface area contributed by atoms with Crippen LogP contribution < -0.4 is 4.90 Å². The summed E-state index contributed by atoms with van der Waals surface area (Å²) in [5.74, 6) is 2.60. The zero-order valence-electron chi connectivity index (χ0n) is 12.4. The summed E-state index contributed by atoms with van der Waals surface area (Å²) in [6.07, 6.45) is 4.64. The predicted octanol–water partition coefficient (Wildman–Crippen LogP) is 1.32. The van der Waals surface area contributed by atoms with Crippen LogP contribution in [0, 0.1) is 0 Å². The second-order valence-electron chi connectivity index (χ2n) is 5.73. The van der Waals surface area contributed by atoms with Crippen LogP contribution in [0.25, 0.3) is 0 Å². The van der Waals surface area contributed by atoms with Crippen LogP contribution in [0.2, 0.25) is 0 Å². The summed E-state index contributed by atoms with van der Waals surface area (Å²) in [6, 6.07) is 0. The normalized spacial score (nSPS) is 22.4. The van der Waals surface area contributed by atoms with E-state index >= 15 is 0 Å². The predicted molar refractivity (Wildman–Crippen MR) is 76.0 cm³/mol. The fourth-order valence-corrected chi connectivity index (χ4v) is 3.21. The van der Waals surface area contributed by atoms with E-state index in [-0.39, 0.29) is 0 Å². The monoisotopic (exact) mass is 280 g/mol. The van der Waals surface area contributed by atoms with E-state index in [1.807, 2.05) is 0 Å². The van der Waals surface area contributed by atoms with Crippen molar-refractivity contribution in [3.05, 3.63) is 5.82 Å². The molecular formula is C14H24N4O2. The highest BCUT2D eigenvalue weighted by molar-refractivity contribution is 5.32. The molecule has 2 aliphatic rings. The van der Waals surface area contributed by atoms with E-state index in [2.05, 4.69) is 26.7 Å². The van der Waals surface area contributed by atoms with Gasteiger partial charge in [-0.05, 0) is 25.7 Å². The van der Waals surface area contributed by atoms with Crippen LogP contribution >= 0.6 is 0 Å². The van der Waals surface area contributed by atoms with Gasteiger partial charge in [-0.3, -0.25) is 0 Å². The molecule has 0 N–H and O–H groups in total. The Morgan fingerprint density at radius 2 is 1.80 bits per heavy atom. The van der Waals surface area contributed by atoms with Crippen LogP contribution in [-0.4, -0.2) is 54.3 Å². The van der Waals surface area contributed by atoms with Gasteiger partial charge in [0.25, 0.3) is 0 Å². The smallest absolute Gasteiger partial charge is 0.226 e. The number of anilines is 1. The summed E-state index contributed by atoms with van der Waals surface area (Å²) in [7, 11) is 3.88. The molecule has 1 aromatic rings. The lowest BCUT2D eigenvalue weighted by Crippen LogP contribution is -2.38. The minimum absolute atomic E-state index is 0.398. The fraction of sp³-hybridized carbons (Fsp3) is 0.857. The number of rotatable bonds is 3. The van der Waals surface area contributed by atoms with E-state index in [1.54, 1.807) is 7.11 Å². The Kier molecular flexibility index (Phi) is 4.21. The van der Waals surface area contributed by atoms with Crippen molar-refractivity contribution in [1.82, 2.24) is 14.8 Å². The Labute approximate surface area is 120 Å². The lowest BCUT2D eigenvalue weighted by Gasteiger charge is -2.31. The van der Waals surface area contributed by atoms with Crippen LogP contribution in [0.3, 0.4) is 0 Å². The molecule has 1 aromatic heterocycles. The van der Waals surface area contributed by atoms with Crippen LogP contribution in [0.4, 0.5) is 5.95 Å². The van der Waals surface area contributed by atoms with E-state index in [9.17, 15) is 0 Å². The van der Waals surface area contributed by atoms with Gasteiger partial charge >= 0.3 is 0 Å². The molecular weight excluding hydrogens is 256 g/mol. The molecule has 3 heterocycles. The number of methoxy groups -OCH3 is 1. The first-order chi connectivity index (χ1) is 9.79. The lowest BCUT2D eigenvalue weighted by molar-refractivity contribution is 0.0811. The number of hydrogen-bond acceptors (Lipinski definition) is 5. The second kappa shape index (κ2) is 6.10. The SMILES string of the molecule is COC1CCN(c2nnc(C3CCOCC3)n2C)CC1. The average Bonchev–Trinajstić information content (AvgIpc) is 2.90. The summed E-state index contributed by atoms with van der Waals surface area (Å²) < 4.78 is 13.0. The molecule has 20 heavy (non-hydrogen) atoms. The van der Waals surface area contributed by atoms with E-state index in [1.165, 1.54) is 0 Å². The average molecular weight is 280 g/mol. The lowest BCUT2D eigenvalue weighted by atomic mass is 9.99. The first-order valence-corrected chi connectivity index (χ1v) is 7.54. The van der Waals surface area contributed by atoms with Gasteiger partial charge in [-0.25, -0.2) is 0 Å². The first kappa shape index (κ1) is 13.8. The summed E-state index contributed by atoms with van der Waals surface area (Å²) in [5, 5.41) is 8.86. The first-order valence-electron chi connectivity index (χ1n) is 7.54. The molecule has 3 rings (SSSR count). The highest BCUT2D eigenvalue weighted by atomic mass is 16.5. The molecule has 0 spiro atoms. The number of piperidine rings is 1. The van der Waals surface area contributed by atoms with Crippen molar-refractivity contribution in [2.75, 3.05) is 38.3 Å². The van der Waals surface area contributed by atoms with E-state index < -0.39 is 0 Å². The molecule has 0 bridgehead atoms. The molecule has 2 fully saturated rings. The summed E-state index contributed by atoms with van der Waals surface area (Å²) in [6.45, 7) is 3.68. The Balaban J connectivity index is 1.70. The molecule has 0 amide bonds. The number of aromatic nitrogens is 3. The standard InChI is InChI=1S/C14H24N4O2/c1-17-13(11-5-9-20-10-6-11)15-16-14(17)18-7-3-12(19-2)4-8-18/h11-12H,3-10H2,1-2H3. The Morgan fingerprint density at radius 1 is 1.10 bits per heavy atom. The van der Waals surface area contributed by atoms with Crippen LogP contribution in [0.5, 0.6) is 0 Å². The minimum Gasteiger partial charge on any atom is -0.381 e. The number of nitrogens with zero attached hydrogens (tertiary/aromatic N) is 4. The van der Waals surface area contributed by atoms with Gasteiger partial charge in [0, 0.05) is 46.4 Å². The summed E-state index contributed by atoms with van der Waals surface area (Å²) >= 11 is 0. The molecule has 6 nitrogen and oxygen atoms in total. The third-order valence-corrected chi connectivity index (χ3v) is 4.53. The topological polar surface area (TPSA) is 52.4 Å². The zero-order valence-corrected chi connectivity index (χ0v) is 12.4. The van der Waals surface area contributed by atoms with Gasteiger partial charge in [0.2, 0.25) is 5.95 Å². The van der Waals surface area contributed by atoms with E-state index in [4.69, 9.17) is 9.47 Å². The molecule has 2 saturated heterocycles. The molecule has 0 aliphatic carbocycles. The Bertz CT molecular complexity index is 434. The molecule has 112 valence electrons.